The van der Waals surface area contributed by atoms with Crippen LogP contribution in [-0.4, -0.2) is 55.5 Å². The second-order valence-corrected chi connectivity index (χ2v) is 9.41. The molecule has 204 valence electrons. The van der Waals surface area contributed by atoms with Gasteiger partial charge in [-0.1, -0.05) is 72.8 Å². The molecule has 7 nitrogen and oxygen atoms in total. The molecule has 1 aliphatic heterocycles. The van der Waals surface area contributed by atoms with E-state index in [0.717, 1.165) is 5.56 Å². The third-order valence-electron chi connectivity index (χ3n) is 6.65. The van der Waals surface area contributed by atoms with Crippen molar-refractivity contribution in [1.29, 1.82) is 0 Å². The summed E-state index contributed by atoms with van der Waals surface area (Å²) in [4.78, 5) is 39.9. The van der Waals surface area contributed by atoms with E-state index in [4.69, 9.17) is 9.47 Å². The van der Waals surface area contributed by atoms with Gasteiger partial charge in [0.15, 0.2) is 0 Å². The Balaban J connectivity index is 1.36. The molecule has 9 heteroatoms. The zero-order valence-corrected chi connectivity index (χ0v) is 21.5. The first-order valence-corrected chi connectivity index (χ1v) is 12.6. The summed E-state index contributed by atoms with van der Waals surface area (Å²) in [6.07, 6.45) is 0.387. The van der Waals surface area contributed by atoms with Crippen molar-refractivity contribution in [2.24, 2.45) is 5.92 Å². The minimum absolute atomic E-state index is 0.0530. The van der Waals surface area contributed by atoms with Gasteiger partial charge < -0.3 is 19.7 Å². The quantitative estimate of drug-likeness (QED) is 0.394. The summed E-state index contributed by atoms with van der Waals surface area (Å²) in [5.74, 6) is -4.83. The first-order chi connectivity index (χ1) is 18.8. The van der Waals surface area contributed by atoms with Crippen molar-refractivity contribution >= 4 is 17.8 Å². The third-order valence-corrected chi connectivity index (χ3v) is 6.65. The Labute approximate surface area is 225 Å². The summed E-state index contributed by atoms with van der Waals surface area (Å²) in [5, 5.41) is 2.53. The lowest BCUT2D eigenvalue weighted by Crippen LogP contribution is -2.46. The highest BCUT2D eigenvalue weighted by Gasteiger charge is 2.40. The van der Waals surface area contributed by atoms with Crippen LogP contribution in [0.2, 0.25) is 0 Å². The summed E-state index contributed by atoms with van der Waals surface area (Å²) in [7, 11) is 1.55. The third kappa shape index (κ3) is 6.86. The summed E-state index contributed by atoms with van der Waals surface area (Å²) in [6.45, 7) is 0.390. The maximum atomic E-state index is 14.8. The Morgan fingerprint density at radius 3 is 2.18 bits per heavy atom. The fraction of sp³-hybridized carbons (Fsp3) is 0.300. The molecule has 0 spiro atoms. The summed E-state index contributed by atoms with van der Waals surface area (Å²) in [6, 6.07) is 20.8. The monoisotopic (exact) mass is 536 g/mol. The topological polar surface area (TPSA) is 84.9 Å². The molecule has 1 N–H and O–H groups in total. The van der Waals surface area contributed by atoms with Crippen molar-refractivity contribution in [1.82, 2.24) is 10.2 Å². The van der Waals surface area contributed by atoms with Gasteiger partial charge in [0.25, 0.3) is 11.8 Å². The molecular formula is C30H30F2N2O5. The standard InChI is InChI=1S/C30H30F2N2O5/c1-38-19-22-16-26(29(37)39-20-21-8-4-2-5-9-21)34(18-22)27(35)17-33-28(36)23-12-14-25(15-13-23)30(31,32)24-10-6-3-7-11-24/h2-15,22,26H,16-20H2,1H3,(H,33,36)/t22-,26?/m0/s1. The Hall–Kier alpha value is -4.11. The molecule has 1 heterocycles. The van der Waals surface area contributed by atoms with E-state index in [0.29, 0.717) is 13.0 Å². The van der Waals surface area contributed by atoms with Gasteiger partial charge in [0, 0.05) is 36.3 Å². The first-order valence-electron chi connectivity index (χ1n) is 12.6. The van der Waals surface area contributed by atoms with Crippen molar-refractivity contribution in [2.75, 3.05) is 26.8 Å². The molecule has 3 aromatic carbocycles. The molecule has 1 unspecified atom stereocenters. The summed E-state index contributed by atoms with van der Waals surface area (Å²) < 4.78 is 40.3. The normalized spacial score (nSPS) is 17.1. The molecule has 0 bridgehead atoms. The van der Waals surface area contributed by atoms with Crippen molar-refractivity contribution in [3.8, 4) is 0 Å². The zero-order chi connectivity index (χ0) is 27.8. The Bertz CT molecular complexity index is 1270. The second kappa shape index (κ2) is 12.6. The lowest BCUT2D eigenvalue weighted by atomic mass is 9.99. The fourth-order valence-corrected chi connectivity index (χ4v) is 4.61. The van der Waals surface area contributed by atoms with Gasteiger partial charge in [-0.15, -0.1) is 0 Å². The lowest BCUT2D eigenvalue weighted by Gasteiger charge is -2.23. The number of amides is 2. The molecule has 4 rings (SSSR count). The zero-order valence-electron chi connectivity index (χ0n) is 21.5. The fourth-order valence-electron chi connectivity index (χ4n) is 4.61. The molecule has 0 saturated carbocycles. The molecule has 1 aliphatic rings. The van der Waals surface area contributed by atoms with E-state index < -0.39 is 29.7 Å². The minimum Gasteiger partial charge on any atom is -0.459 e. The van der Waals surface area contributed by atoms with Crippen LogP contribution in [0.3, 0.4) is 0 Å². The number of alkyl halides is 2. The number of ether oxygens (including phenoxy) is 2. The van der Waals surface area contributed by atoms with Gasteiger partial charge in [-0.2, -0.15) is 8.78 Å². The van der Waals surface area contributed by atoms with Crippen LogP contribution in [0.4, 0.5) is 8.78 Å². The number of nitrogens with zero attached hydrogens (tertiary/aromatic N) is 1. The number of carbonyl (C=O) groups excluding carboxylic acids is 3. The van der Waals surface area contributed by atoms with E-state index >= 15 is 0 Å². The maximum Gasteiger partial charge on any atom is 0.329 e. The van der Waals surface area contributed by atoms with Crippen molar-refractivity contribution < 1.29 is 32.6 Å². The van der Waals surface area contributed by atoms with Gasteiger partial charge in [-0.05, 0) is 24.1 Å². The highest BCUT2D eigenvalue weighted by atomic mass is 19.3. The number of likely N-dealkylation sites (tertiary alicyclic amines) is 1. The van der Waals surface area contributed by atoms with Gasteiger partial charge in [-0.25, -0.2) is 4.79 Å². The molecule has 3 aromatic rings. The van der Waals surface area contributed by atoms with Crippen molar-refractivity contribution in [3.63, 3.8) is 0 Å². The van der Waals surface area contributed by atoms with E-state index in [1.54, 1.807) is 13.2 Å². The summed E-state index contributed by atoms with van der Waals surface area (Å²) >= 11 is 0. The molecule has 39 heavy (non-hydrogen) atoms. The van der Waals surface area contributed by atoms with Crippen LogP contribution < -0.4 is 5.32 Å². The largest absolute Gasteiger partial charge is 0.459 e. The smallest absolute Gasteiger partial charge is 0.329 e. The molecule has 1 saturated heterocycles. The molecule has 0 aliphatic carbocycles. The first kappa shape index (κ1) is 27.9. The van der Waals surface area contributed by atoms with Gasteiger partial charge in [0.05, 0.1) is 13.2 Å². The number of halogens is 2. The number of hydrogen-bond donors (Lipinski definition) is 1. The Morgan fingerprint density at radius 1 is 0.923 bits per heavy atom. The van der Waals surface area contributed by atoms with Gasteiger partial charge in [0.2, 0.25) is 5.91 Å². The highest BCUT2D eigenvalue weighted by molar-refractivity contribution is 5.97. The van der Waals surface area contributed by atoms with Crippen LogP contribution in [-0.2, 0) is 31.6 Å². The average molecular weight is 537 g/mol. The van der Waals surface area contributed by atoms with Gasteiger partial charge in [0.1, 0.15) is 12.6 Å². The van der Waals surface area contributed by atoms with E-state index in [9.17, 15) is 23.2 Å². The number of nitrogens with one attached hydrogen (secondary N) is 1. The number of methoxy groups -OCH3 is 1. The van der Waals surface area contributed by atoms with Crippen LogP contribution in [0.1, 0.15) is 33.5 Å². The van der Waals surface area contributed by atoms with Gasteiger partial charge >= 0.3 is 5.97 Å². The number of esters is 1. The van der Waals surface area contributed by atoms with E-state index in [1.807, 2.05) is 30.3 Å². The SMILES string of the molecule is COC[C@H]1CC(C(=O)OCc2ccccc2)N(C(=O)CNC(=O)c2ccc(C(F)(F)c3ccccc3)cc2)C1. The van der Waals surface area contributed by atoms with Crippen LogP contribution >= 0.6 is 0 Å². The molecule has 2 atom stereocenters. The molecule has 2 amide bonds. The number of hydrogen-bond acceptors (Lipinski definition) is 5. The molecule has 1 fully saturated rings. The van der Waals surface area contributed by atoms with Crippen LogP contribution in [0.25, 0.3) is 0 Å². The van der Waals surface area contributed by atoms with Crippen LogP contribution in [0, 0.1) is 5.92 Å². The number of benzene rings is 3. The Morgan fingerprint density at radius 2 is 1.54 bits per heavy atom. The van der Waals surface area contributed by atoms with Crippen molar-refractivity contribution in [3.05, 3.63) is 107 Å². The second-order valence-electron chi connectivity index (χ2n) is 9.41. The van der Waals surface area contributed by atoms with Crippen molar-refractivity contribution in [2.45, 2.75) is 25.0 Å². The summed E-state index contributed by atoms with van der Waals surface area (Å²) in [5.41, 5.74) is 0.560. The predicted molar refractivity (Wildman–Crippen MR) is 140 cm³/mol. The van der Waals surface area contributed by atoms with E-state index in [2.05, 4.69) is 5.32 Å². The lowest BCUT2D eigenvalue weighted by molar-refractivity contribution is -0.154. The number of rotatable bonds is 10. The van der Waals surface area contributed by atoms with Crippen LogP contribution in [0.5, 0.6) is 0 Å². The average Bonchev–Trinajstić information content (AvgIpc) is 3.40. The molecular weight excluding hydrogens is 506 g/mol. The Kier molecular flexibility index (Phi) is 9.03. The minimum atomic E-state index is -3.22. The van der Waals surface area contributed by atoms with Crippen LogP contribution in [0.15, 0.2) is 84.9 Å². The van der Waals surface area contributed by atoms with Gasteiger partial charge in [-0.3, -0.25) is 9.59 Å². The molecule has 0 aromatic heterocycles. The number of carbonyl (C=O) groups is 3. The maximum absolute atomic E-state index is 14.8. The molecule has 0 radical (unpaired) electrons. The highest BCUT2D eigenvalue weighted by Crippen LogP contribution is 2.35. The van der Waals surface area contributed by atoms with E-state index in [-0.39, 0.29) is 42.3 Å². The predicted octanol–water partition coefficient (Wildman–Crippen LogP) is 4.16. The van der Waals surface area contributed by atoms with E-state index in [1.165, 1.54) is 53.4 Å².